The number of nitriles is 1. The lowest BCUT2D eigenvalue weighted by Crippen LogP contribution is -2.55. The number of nitrogens with zero attached hydrogens (tertiary/aromatic N) is 6. The Hall–Kier alpha value is -4.66. The topological polar surface area (TPSA) is 103 Å². The van der Waals surface area contributed by atoms with Gasteiger partial charge in [-0.2, -0.15) is 23.5 Å². The smallest absolute Gasteiger partial charge is 0.330 e. The van der Waals surface area contributed by atoms with Crippen molar-refractivity contribution in [1.29, 1.82) is 5.26 Å². The Labute approximate surface area is 239 Å². The minimum Gasteiger partial charge on any atom is -0.330 e. The van der Waals surface area contributed by atoms with Crippen molar-refractivity contribution < 1.29 is 27.6 Å². The molecule has 6 rings (SSSR count). The Morgan fingerprint density at radius 2 is 1.79 bits per heavy atom. The molecule has 3 aliphatic rings. The summed E-state index contributed by atoms with van der Waals surface area (Å²) >= 11 is 0. The van der Waals surface area contributed by atoms with Crippen LogP contribution in [0, 0.1) is 11.3 Å². The van der Waals surface area contributed by atoms with Crippen LogP contribution in [0.3, 0.4) is 0 Å². The van der Waals surface area contributed by atoms with E-state index in [2.05, 4.69) is 0 Å². The quantitative estimate of drug-likeness (QED) is 0.424. The van der Waals surface area contributed by atoms with Gasteiger partial charge in [-0.15, -0.1) is 0 Å². The van der Waals surface area contributed by atoms with Gasteiger partial charge in [0.2, 0.25) is 0 Å². The number of likely N-dealkylation sites (tertiary alicyclic amines) is 1. The van der Waals surface area contributed by atoms with Gasteiger partial charge in [0, 0.05) is 12.0 Å². The highest BCUT2D eigenvalue weighted by molar-refractivity contribution is 6.22. The number of anilines is 1. The number of urea groups is 1. The normalized spacial score (nSPS) is 21.7. The van der Waals surface area contributed by atoms with Gasteiger partial charge in [0.1, 0.15) is 11.7 Å². The van der Waals surface area contributed by atoms with E-state index < -0.39 is 47.4 Å². The third kappa shape index (κ3) is 4.31. The molecule has 0 saturated carbocycles. The molecule has 4 amide bonds. The van der Waals surface area contributed by atoms with E-state index in [4.69, 9.17) is 10.4 Å². The lowest BCUT2D eigenvalue weighted by molar-refractivity contribution is -0.137. The van der Waals surface area contributed by atoms with Gasteiger partial charge < -0.3 is 9.80 Å². The van der Waals surface area contributed by atoms with Crippen molar-refractivity contribution in [3.8, 4) is 6.07 Å². The number of hydrogen-bond acceptors (Lipinski definition) is 5. The standard InChI is InChI=1S/C30H27F3N6O3/c1-29(2,3)24-13-23(37(35-24)15-17-7-5-4-6-8-17)26(40)36-16-20-12-22(36)25-27(41)39(28(42)38(20)25)19-10-9-18(14-34)21(11-19)30(31,32)33/h4-11,13,20,22,25H,12,15-16H2,1-3H3/t20-,22?,25-/m1/s1. The van der Waals surface area contributed by atoms with E-state index >= 15 is 0 Å². The number of halogens is 3. The first-order chi connectivity index (χ1) is 19.8. The zero-order valence-electron chi connectivity index (χ0n) is 23.1. The Morgan fingerprint density at radius 3 is 2.43 bits per heavy atom. The van der Waals surface area contributed by atoms with Gasteiger partial charge in [0.25, 0.3) is 11.8 Å². The lowest BCUT2D eigenvalue weighted by Gasteiger charge is -2.34. The summed E-state index contributed by atoms with van der Waals surface area (Å²) in [5.41, 5.74) is -0.384. The van der Waals surface area contributed by atoms with E-state index in [0.29, 0.717) is 24.7 Å². The van der Waals surface area contributed by atoms with E-state index in [1.807, 2.05) is 51.1 Å². The molecule has 0 radical (unpaired) electrons. The molecule has 1 aromatic heterocycles. The molecular formula is C30H27F3N6O3. The largest absolute Gasteiger partial charge is 0.417 e. The fraction of sp³-hybridized carbons (Fsp3) is 0.367. The maximum Gasteiger partial charge on any atom is 0.417 e. The van der Waals surface area contributed by atoms with Crippen LogP contribution in [-0.2, 0) is 22.9 Å². The zero-order chi connectivity index (χ0) is 30.1. The molecule has 9 nitrogen and oxygen atoms in total. The Balaban J connectivity index is 1.31. The van der Waals surface area contributed by atoms with Gasteiger partial charge in [-0.05, 0) is 36.2 Å². The van der Waals surface area contributed by atoms with Crippen LogP contribution in [0.5, 0.6) is 0 Å². The molecule has 2 aromatic carbocycles. The van der Waals surface area contributed by atoms with Crippen molar-refractivity contribution in [2.75, 3.05) is 11.4 Å². The van der Waals surface area contributed by atoms with Gasteiger partial charge in [-0.3, -0.25) is 14.3 Å². The summed E-state index contributed by atoms with van der Waals surface area (Å²) in [5.74, 6) is -1.02. The summed E-state index contributed by atoms with van der Waals surface area (Å²) < 4.78 is 42.5. The fourth-order valence-corrected chi connectivity index (χ4v) is 6.11. The van der Waals surface area contributed by atoms with E-state index in [-0.39, 0.29) is 23.6 Å². The Morgan fingerprint density at radius 1 is 1.07 bits per heavy atom. The summed E-state index contributed by atoms with van der Waals surface area (Å²) in [6, 6.07) is 12.8. The third-order valence-corrected chi connectivity index (χ3v) is 8.16. The number of carbonyl (C=O) groups is 3. The van der Waals surface area contributed by atoms with Gasteiger partial charge >= 0.3 is 12.2 Å². The highest BCUT2D eigenvalue weighted by Crippen LogP contribution is 2.44. The van der Waals surface area contributed by atoms with Crippen molar-refractivity contribution in [1.82, 2.24) is 19.6 Å². The SMILES string of the molecule is CC(C)(C)c1cc(C(=O)N2C[C@H]3CC2[C@@H]2C(=O)N(c4ccc(C#N)c(C(F)(F)F)c4)C(=O)N32)n(Cc2ccccc2)n1. The van der Waals surface area contributed by atoms with Gasteiger partial charge in [0.05, 0.1) is 47.2 Å². The lowest BCUT2D eigenvalue weighted by atomic mass is 9.92. The first-order valence-electron chi connectivity index (χ1n) is 13.5. The summed E-state index contributed by atoms with van der Waals surface area (Å²) in [6.45, 7) is 6.54. The number of piperazine rings is 1. The van der Waals surface area contributed by atoms with E-state index in [9.17, 15) is 27.6 Å². The van der Waals surface area contributed by atoms with Crippen LogP contribution in [0.15, 0.2) is 54.6 Å². The maximum absolute atomic E-state index is 14.0. The molecule has 42 heavy (non-hydrogen) atoms. The summed E-state index contributed by atoms with van der Waals surface area (Å²) in [6.07, 6.45) is -4.46. The van der Waals surface area contributed by atoms with Crippen molar-refractivity contribution in [2.24, 2.45) is 0 Å². The number of aromatic nitrogens is 2. The molecule has 3 fully saturated rings. The van der Waals surface area contributed by atoms with E-state index in [0.717, 1.165) is 28.3 Å². The predicted molar refractivity (Wildman–Crippen MR) is 144 cm³/mol. The van der Waals surface area contributed by atoms with Crippen molar-refractivity contribution in [3.05, 3.63) is 82.7 Å². The number of hydrogen-bond donors (Lipinski definition) is 0. The molecule has 216 valence electrons. The van der Waals surface area contributed by atoms with Gasteiger partial charge in [-0.25, -0.2) is 9.69 Å². The van der Waals surface area contributed by atoms with Crippen molar-refractivity contribution >= 4 is 23.5 Å². The molecule has 3 aliphatic heterocycles. The number of imide groups is 1. The van der Waals surface area contributed by atoms with E-state index in [1.165, 1.54) is 11.0 Å². The zero-order valence-corrected chi connectivity index (χ0v) is 23.1. The Bertz CT molecular complexity index is 1650. The minimum atomic E-state index is -4.85. The number of alkyl halides is 3. The predicted octanol–water partition coefficient (Wildman–Crippen LogP) is 4.55. The molecule has 3 atom stereocenters. The molecule has 0 N–H and O–H groups in total. The second kappa shape index (κ2) is 9.44. The number of amides is 4. The number of fused-ring (bicyclic) bond motifs is 5. The second-order valence-electron chi connectivity index (χ2n) is 11.9. The average molecular weight is 577 g/mol. The molecule has 2 bridgehead atoms. The second-order valence-corrected chi connectivity index (χ2v) is 11.9. The molecule has 0 spiro atoms. The van der Waals surface area contributed by atoms with Crippen LogP contribution < -0.4 is 4.90 Å². The molecule has 3 saturated heterocycles. The molecule has 12 heteroatoms. The number of rotatable bonds is 4. The maximum atomic E-state index is 14.0. The van der Waals surface area contributed by atoms with Crippen LogP contribution >= 0.6 is 0 Å². The van der Waals surface area contributed by atoms with Gasteiger partial charge in [0.15, 0.2) is 0 Å². The van der Waals surface area contributed by atoms with Crippen LogP contribution in [-0.4, -0.2) is 62.1 Å². The van der Waals surface area contributed by atoms with Crippen LogP contribution in [0.2, 0.25) is 0 Å². The Kier molecular flexibility index (Phi) is 6.18. The monoisotopic (exact) mass is 576 g/mol. The molecule has 0 aliphatic carbocycles. The average Bonchev–Trinajstić information content (AvgIpc) is 3.70. The van der Waals surface area contributed by atoms with E-state index in [1.54, 1.807) is 15.6 Å². The highest BCUT2D eigenvalue weighted by atomic mass is 19.4. The van der Waals surface area contributed by atoms with Crippen LogP contribution in [0.1, 0.15) is 60.1 Å². The summed E-state index contributed by atoms with van der Waals surface area (Å²) in [5, 5.41) is 13.9. The van der Waals surface area contributed by atoms with Crippen LogP contribution in [0.4, 0.5) is 23.7 Å². The molecule has 1 unspecified atom stereocenters. The fourth-order valence-electron chi connectivity index (χ4n) is 6.11. The molecule has 4 heterocycles. The van der Waals surface area contributed by atoms with Gasteiger partial charge in [-0.1, -0.05) is 51.1 Å². The molecular weight excluding hydrogens is 549 g/mol. The number of carbonyl (C=O) groups excluding carboxylic acids is 3. The minimum absolute atomic E-state index is 0.190. The van der Waals surface area contributed by atoms with Crippen molar-refractivity contribution in [3.63, 3.8) is 0 Å². The van der Waals surface area contributed by atoms with Crippen molar-refractivity contribution in [2.45, 2.75) is 63.5 Å². The molecule has 3 aromatic rings. The summed E-state index contributed by atoms with van der Waals surface area (Å²) in [7, 11) is 0. The third-order valence-electron chi connectivity index (χ3n) is 8.16. The first kappa shape index (κ1) is 27.5. The highest BCUT2D eigenvalue weighted by Gasteiger charge is 2.63. The first-order valence-corrected chi connectivity index (χ1v) is 13.5. The van der Waals surface area contributed by atoms with Crippen LogP contribution in [0.25, 0.3) is 0 Å². The summed E-state index contributed by atoms with van der Waals surface area (Å²) in [4.78, 5) is 44.7. The number of benzene rings is 2.